The van der Waals surface area contributed by atoms with Gasteiger partial charge in [0.25, 0.3) is 0 Å². The van der Waals surface area contributed by atoms with Crippen molar-refractivity contribution in [2.45, 2.75) is 419 Å². The van der Waals surface area contributed by atoms with Crippen LogP contribution in [0.1, 0.15) is 413 Å². The molecule has 0 amide bonds. The highest BCUT2D eigenvalue weighted by Crippen LogP contribution is 2.18. The zero-order chi connectivity index (χ0) is 57.4. The molecule has 0 aliphatic heterocycles. The molecular weight excluding hydrogens is 957 g/mol. The van der Waals surface area contributed by atoms with E-state index < -0.39 is 24.0 Å². The lowest BCUT2D eigenvalue weighted by Crippen LogP contribution is -2.03. The van der Waals surface area contributed by atoms with Gasteiger partial charge in [-0.25, -0.2) is 0 Å². The highest BCUT2D eigenvalue weighted by molar-refractivity contribution is 5.67. The molecule has 0 heterocycles. The molecule has 77 heavy (non-hydrogen) atoms. The van der Waals surface area contributed by atoms with Gasteiger partial charge in [0.1, 0.15) is 0 Å². The smallest absolute Gasteiger partial charge is 0.303 e. The van der Waals surface area contributed by atoms with E-state index in [4.69, 9.17) is 25.5 Å². The maximum atomic E-state index is 10.4. The minimum atomic E-state index is -0.651. The summed E-state index contributed by atoms with van der Waals surface area (Å²) in [5, 5.41) is 41.7. The Balaban J connectivity index is -0.000000495. The van der Waals surface area contributed by atoms with Gasteiger partial charge in [0.2, 0.25) is 0 Å². The summed E-state index contributed by atoms with van der Waals surface area (Å²) in [6.45, 7) is 8.24. The standard InChI is InChI=1S/3C22H44O2.C3H8O2/c3*1-2-3-4-5-6-7-8-9-10-11-12-13-14-15-16-17-18-19-20-21-22(23)24;1-3(5)2-4/h3*2-21H2,1H3,(H,23,24);3-5H,2H2,1H3. The Morgan fingerprint density at radius 3 is 0.403 bits per heavy atom. The van der Waals surface area contributed by atoms with Crippen molar-refractivity contribution in [2.24, 2.45) is 0 Å². The van der Waals surface area contributed by atoms with E-state index in [0.717, 1.165) is 38.5 Å². The topological polar surface area (TPSA) is 152 Å². The van der Waals surface area contributed by atoms with Crippen LogP contribution in [-0.4, -0.2) is 56.2 Å². The van der Waals surface area contributed by atoms with Gasteiger partial charge in [-0.1, -0.05) is 367 Å². The zero-order valence-electron chi connectivity index (χ0n) is 52.7. The fourth-order valence-electron chi connectivity index (χ4n) is 10.1. The Labute approximate surface area is 481 Å². The number of aliphatic carboxylic acids is 3. The monoisotopic (exact) mass is 1100 g/mol. The van der Waals surface area contributed by atoms with E-state index >= 15 is 0 Å². The first kappa shape index (κ1) is 81.8. The first-order chi connectivity index (χ1) is 37.6. The molecule has 0 saturated carbocycles. The normalized spacial score (nSPS) is 11.3. The van der Waals surface area contributed by atoms with Crippen molar-refractivity contribution in [3.63, 3.8) is 0 Å². The number of aliphatic hydroxyl groups excluding tert-OH is 2. The molecule has 8 nitrogen and oxygen atoms in total. The molecule has 0 fully saturated rings. The lowest BCUT2D eigenvalue weighted by molar-refractivity contribution is -0.138. The fraction of sp³-hybridized carbons (Fsp3) is 0.957. The van der Waals surface area contributed by atoms with Crippen LogP contribution in [0.4, 0.5) is 0 Å². The van der Waals surface area contributed by atoms with Gasteiger partial charge in [0, 0.05) is 19.3 Å². The minimum absolute atomic E-state index is 0.139. The van der Waals surface area contributed by atoms with Gasteiger partial charge in [-0.2, -0.15) is 0 Å². The Morgan fingerprint density at radius 1 is 0.234 bits per heavy atom. The van der Waals surface area contributed by atoms with Crippen molar-refractivity contribution < 1.29 is 39.9 Å². The van der Waals surface area contributed by atoms with Crippen LogP contribution >= 0.6 is 0 Å². The largest absolute Gasteiger partial charge is 0.481 e. The maximum Gasteiger partial charge on any atom is 0.303 e. The quantitative estimate of drug-likeness (QED) is 0.0378. The second-order valence-electron chi connectivity index (χ2n) is 23.6. The van der Waals surface area contributed by atoms with E-state index in [-0.39, 0.29) is 6.61 Å². The van der Waals surface area contributed by atoms with Gasteiger partial charge in [-0.15, -0.1) is 0 Å². The van der Waals surface area contributed by atoms with Crippen molar-refractivity contribution in [1.29, 1.82) is 0 Å². The first-order valence-electron chi connectivity index (χ1n) is 34.5. The van der Waals surface area contributed by atoms with E-state index in [0.29, 0.717) is 19.3 Å². The molecule has 0 aromatic rings. The summed E-state index contributed by atoms with van der Waals surface area (Å²) in [5.41, 5.74) is 0. The second kappa shape index (κ2) is 78.6. The van der Waals surface area contributed by atoms with Gasteiger partial charge in [0.05, 0.1) is 12.7 Å². The van der Waals surface area contributed by atoms with Crippen molar-refractivity contribution in [3.8, 4) is 0 Å². The first-order valence-corrected chi connectivity index (χ1v) is 34.5. The summed E-state index contributed by atoms with van der Waals surface area (Å²) in [6.07, 6.45) is 77.7. The number of aliphatic hydroxyl groups is 2. The SMILES string of the molecule is CC(O)CO.CCCCCCCCCCCCCCCCCCCCCC(=O)O.CCCCCCCCCCCCCCCCCCCCCC(=O)O.CCCCCCCCCCCCCCCCCCCCCC(=O)O. The van der Waals surface area contributed by atoms with E-state index in [9.17, 15) is 14.4 Å². The molecule has 1 unspecified atom stereocenters. The van der Waals surface area contributed by atoms with Crippen LogP contribution in [0.2, 0.25) is 0 Å². The molecule has 0 spiro atoms. The van der Waals surface area contributed by atoms with Gasteiger partial charge in [-0.3, -0.25) is 14.4 Å². The molecule has 0 aromatic carbocycles. The highest BCUT2D eigenvalue weighted by Gasteiger charge is 2.01. The van der Waals surface area contributed by atoms with Crippen molar-refractivity contribution in [1.82, 2.24) is 0 Å². The zero-order valence-corrected chi connectivity index (χ0v) is 52.7. The molecule has 0 aliphatic rings. The number of unbranched alkanes of at least 4 members (excludes halogenated alkanes) is 54. The van der Waals surface area contributed by atoms with Crippen LogP contribution in [-0.2, 0) is 14.4 Å². The molecular formula is C69H140O8. The van der Waals surface area contributed by atoms with Crippen LogP contribution in [0.25, 0.3) is 0 Å². The van der Waals surface area contributed by atoms with E-state index in [1.165, 1.54) is 334 Å². The molecule has 0 radical (unpaired) electrons. The number of carboxylic acid groups (broad SMARTS) is 3. The van der Waals surface area contributed by atoms with Crippen LogP contribution in [0, 0.1) is 0 Å². The summed E-state index contributed by atoms with van der Waals surface area (Å²) < 4.78 is 0. The van der Waals surface area contributed by atoms with Crippen LogP contribution < -0.4 is 0 Å². The number of rotatable bonds is 61. The maximum absolute atomic E-state index is 10.4. The van der Waals surface area contributed by atoms with Gasteiger partial charge in [-0.05, 0) is 26.2 Å². The average molecular weight is 1100 g/mol. The number of carboxylic acids is 3. The highest BCUT2D eigenvalue weighted by atomic mass is 16.4. The molecule has 464 valence electrons. The van der Waals surface area contributed by atoms with Crippen molar-refractivity contribution in [3.05, 3.63) is 0 Å². The van der Waals surface area contributed by atoms with Crippen LogP contribution in [0.3, 0.4) is 0 Å². The molecule has 5 N–H and O–H groups in total. The molecule has 0 saturated heterocycles. The van der Waals surface area contributed by atoms with E-state index in [2.05, 4.69) is 20.8 Å². The van der Waals surface area contributed by atoms with E-state index in [1.54, 1.807) is 0 Å². The summed E-state index contributed by atoms with van der Waals surface area (Å²) in [4.78, 5) is 31.1. The third-order valence-electron chi connectivity index (χ3n) is 15.2. The third kappa shape index (κ3) is 97.0. The molecule has 0 rings (SSSR count). The Hall–Kier alpha value is -1.67. The lowest BCUT2D eigenvalue weighted by atomic mass is 10.0. The Morgan fingerprint density at radius 2 is 0.325 bits per heavy atom. The minimum Gasteiger partial charge on any atom is -0.481 e. The summed E-state index contributed by atoms with van der Waals surface area (Å²) >= 11 is 0. The Bertz CT molecular complexity index is 942. The molecule has 1 atom stereocenters. The summed E-state index contributed by atoms with van der Waals surface area (Å²) in [7, 11) is 0. The van der Waals surface area contributed by atoms with Gasteiger partial charge >= 0.3 is 17.9 Å². The van der Waals surface area contributed by atoms with Crippen molar-refractivity contribution >= 4 is 17.9 Å². The number of hydrogen-bond donors (Lipinski definition) is 5. The molecule has 8 heteroatoms. The number of hydrogen-bond acceptors (Lipinski definition) is 5. The molecule has 0 bridgehead atoms. The second-order valence-corrected chi connectivity index (χ2v) is 23.6. The summed E-state index contributed by atoms with van der Waals surface area (Å²) in [6, 6.07) is 0. The molecule has 0 aromatic heterocycles. The number of carbonyl (C=O) groups is 3. The Kier molecular flexibility index (Phi) is 83.5. The predicted molar refractivity (Wildman–Crippen MR) is 336 cm³/mol. The van der Waals surface area contributed by atoms with Gasteiger partial charge in [0.15, 0.2) is 0 Å². The van der Waals surface area contributed by atoms with E-state index in [1.807, 2.05) is 0 Å². The molecule has 0 aliphatic carbocycles. The summed E-state index contributed by atoms with van der Waals surface area (Å²) in [5.74, 6) is -1.95. The van der Waals surface area contributed by atoms with Crippen LogP contribution in [0.5, 0.6) is 0 Å². The van der Waals surface area contributed by atoms with Gasteiger partial charge < -0.3 is 25.5 Å². The lowest BCUT2D eigenvalue weighted by Gasteiger charge is -2.03. The van der Waals surface area contributed by atoms with Crippen molar-refractivity contribution in [2.75, 3.05) is 6.61 Å². The fourth-order valence-corrected chi connectivity index (χ4v) is 10.1. The van der Waals surface area contributed by atoms with Crippen LogP contribution in [0.15, 0.2) is 0 Å². The average Bonchev–Trinajstić information content (AvgIpc) is 3.41. The third-order valence-corrected chi connectivity index (χ3v) is 15.2. The predicted octanol–water partition coefficient (Wildman–Crippen LogP) is 23.0.